The Hall–Kier alpha value is -4.07. The quantitative estimate of drug-likeness (QED) is 0.408. The van der Waals surface area contributed by atoms with E-state index in [0.717, 1.165) is 28.7 Å². The van der Waals surface area contributed by atoms with Crippen molar-refractivity contribution >= 4 is 6.08 Å². The molecule has 2 aromatic heterocycles. The number of aromatic amines is 1. The topological polar surface area (TPSA) is 94.3 Å². The van der Waals surface area contributed by atoms with Gasteiger partial charge in [-0.3, -0.25) is 4.57 Å². The minimum absolute atomic E-state index is 0.117. The second-order valence-corrected chi connectivity index (χ2v) is 7.32. The Morgan fingerprint density at radius 3 is 2.56 bits per heavy atom. The molecule has 4 aromatic rings. The molecule has 32 heavy (non-hydrogen) atoms. The molecule has 8 heteroatoms. The number of hydrogen-bond acceptors (Lipinski definition) is 5. The molecular formula is C24H25N7O. The number of allylic oxidation sites excluding steroid dienone is 2. The zero-order chi connectivity index (χ0) is 22.3. The van der Waals surface area contributed by atoms with Crippen molar-refractivity contribution in [2.45, 2.75) is 32.9 Å². The smallest absolute Gasteiger partial charge is 0.271 e. The van der Waals surface area contributed by atoms with Gasteiger partial charge in [0.1, 0.15) is 0 Å². The van der Waals surface area contributed by atoms with Crippen LogP contribution in [-0.2, 0) is 13.1 Å². The van der Waals surface area contributed by atoms with Crippen LogP contribution >= 0.6 is 0 Å². The zero-order valence-electron chi connectivity index (χ0n) is 18.0. The van der Waals surface area contributed by atoms with E-state index in [0.29, 0.717) is 31.2 Å². The average molecular weight is 428 g/mol. The largest absolute Gasteiger partial charge is 0.346 e. The van der Waals surface area contributed by atoms with Crippen molar-refractivity contribution in [1.82, 2.24) is 35.0 Å². The molecule has 1 N–H and O–H groups in total. The van der Waals surface area contributed by atoms with Crippen LogP contribution in [0.5, 0.6) is 0 Å². The van der Waals surface area contributed by atoms with Gasteiger partial charge in [-0.2, -0.15) is 10.3 Å². The van der Waals surface area contributed by atoms with Crippen LogP contribution < -0.4 is 5.69 Å². The van der Waals surface area contributed by atoms with Crippen LogP contribution in [0.2, 0.25) is 0 Å². The number of benzene rings is 2. The molecule has 4 rings (SSSR count). The minimum atomic E-state index is -0.117. The second kappa shape index (κ2) is 9.82. The Bertz CT molecular complexity index is 1260. The van der Waals surface area contributed by atoms with Crippen LogP contribution in [0.3, 0.4) is 0 Å². The number of rotatable bonds is 9. The van der Waals surface area contributed by atoms with Gasteiger partial charge in [-0.15, -0.1) is 16.8 Å². The molecule has 2 aromatic carbocycles. The van der Waals surface area contributed by atoms with Crippen molar-refractivity contribution in [3.8, 4) is 22.5 Å². The number of hydrogen-bond donors (Lipinski definition) is 1. The predicted octanol–water partition coefficient (Wildman–Crippen LogP) is 3.94. The Morgan fingerprint density at radius 1 is 1.09 bits per heavy atom. The zero-order valence-corrected chi connectivity index (χ0v) is 18.0. The van der Waals surface area contributed by atoms with Gasteiger partial charge in [-0.05, 0) is 40.8 Å². The monoisotopic (exact) mass is 427 g/mol. The van der Waals surface area contributed by atoms with Gasteiger partial charge in [0.25, 0.3) is 0 Å². The number of nitrogens with one attached hydrogen (secondary N) is 1. The van der Waals surface area contributed by atoms with Crippen molar-refractivity contribution in [1.29, 1.82) is 0 Å². The van der Waals surface area contributed by atoms with Crippen LogP contribution in [0.4, 0.5) is 0 Å². The fourth-order valence-corrected chi connectivity index (χ4v) is 3.49. The minimum Gasteiger partial charge on any atom is -0.271 e. The standard InChI is InChI=1S/C24H25N7O/c1-3-5-11-22-27-31(16-6-4-2)24(32)30(22)17-18-12-14-19(15-13-18)20-9-7-8-10-21(20)23-25-28-29-26-23/h4-5,7-15H,2-3,6,16-17H2,1H3,(H,25,26,28,29). The molecule has 0 bridgehead atoms. The molecule has 0 aliphatic carbocycles. The van der Waals surface area contributed by atoms with Crippen molar-refractivity contribution in [3.63, 3.8) is 0 Å². The molecule has 0 atom stereocenters. The third-order valence-electron chi connectivity index (χ3n) is 5.12. The molecule has 0 radical (unpaired) electrons. The van der Waals surface area contributed by atoms with Crippen LogP contribution in [0.15, 0.2) is 72.1 Å². The van der Waals surface area contributed by atoms with Crippen molar-refractivity contribution in [2.24, 2.45) is 0 Å². The Kier molecular flexibility index (Phi) is 6.50. The van der Waals surface area contributed by atoms with Gasteiger partial charge >= 0.3 is 5.69 Å². The molecule has 0 aliphatic heterocycles. The number of nitrogens with zero attached hydrogens (tertiary/aromatic N) is 6. The number of H-pyrrole nitrogens is 1. The molecule has 0 amide bonds. The highest BCUT2D eigenvalue weighted by atomic mass is 16.2. The van der Waals surface area contributed by atoms with Gasteiger partial charge in [-0.1, -0.05) is 67.6 Å². The first-order valence-electron chi connectivity index (χ1n) is 10.6. The molecule has 0 fully saturated rings. The summed E-state index contributed by atoms with van der Waals surface area (Å²) < 4.78 is 3.21. The maximum atomic E-state index is 12.9. The second-order valence-electron chi connectivity index (χ2n) is 7.32. The number of tetrazole rings is 1. The summed E-state index contributed by atoms with van der Waals surface area (Å²) in [6.45, 7) is 6.75. The highest BCUT2D eigenvalue weighted by molar-refractivity contribution is 5.80. The maximum Gasteiger partial charge on any atom is 0.346 e. The molecular weight excluding hydrogens is 402 g/mol. The molecule has 0 spiro atoms. The molecule has 2 heterocycles. The van der Waals surface area contributed by atoms with Crippen molar-refractivity contribution in [2.75, 3.05) is 0 Å². The number of aromatic nitrogens is 7. The first-order chi connectivity index (χ1) is 15.7. The average Bonchev–Trinajstić information content (AvgIpc) is 3.46. The lowest BCUT2D eigenvalue weighted by Gasteiger charge is -2.09. The fraction of sp³-hybridized carbons (Fsp3) is 0.208. The van der Waals surface area contributed by atoms with E-state index in [1.807, 2.05) is 60.7 Å². The van der Waals surface area contributed by atoms with E-state index in [4.69, 9.17) is 0 Å². The van der Waals surface area contributed by atoms with Crippen LogP contribution in [0, 0.1) is 0 Å². The van der Waals surface area contributed by atoms with Crippen LogP contribution in [-0.4, -0.2) is 35.0 Å². The lowest BCUT2D eigenvalue weighted by molar-refractivity contribution is 0.587. The summed E-state index contributed by atoms with van der Waals surface area (Å²) in [6, 6.07) is 16.1. The highest BCUT2D eigenvalue weighted by Gasteiger charge is 2.13. The van der Waals surface area contributed by atoms with Gasteiger partial charge in [0.15, 0.2) is 5.82 Å². The summed E-state index contributed by atoms with van der Waals surface area (Å²) >= 11 is 0. The number of aryl methyl sites for hydroxylation is 1. The van der Waals surface area contributed by atoms with E-state index in [1.54, 1.807) is 10.6 Å². The van der Waals surface area contributed by atoms with Gasteiger partial charge in [0.2, 0.25) is 5.82 Å². The molecule has 0 unspecified atom stereocenters. The van der Waals surface area contributed by atoms with E-state index in [2.05, 4.69) is 39.2 Å². The van der Waals surface area contributed by atoms with Crippen LogP contribution in [0.1, 0.15) is 31.2 Å². The lowest BCUT2D eigenvalue weighted by Crippen LogP contribution is -2.25. The van der Waals surface area contributed by atoms with E-state index in [1.165, 1.54) is 4.68 Å². The molecule has 0 aliphatic rings. The summed E-state index contributed by atoms with van der Waals surface area (Å²) in [5.74, 6) is 1.21. The van der Waals surface area contributed by atoms with E-state index >= 15 is 0 Å². The van der Waals surface area contributed by atoms with Gasteiger partial charge in [0, 0.05) is 12.1 Å². The predicted molar refractivity (Wildman–Crippen MR) is 125 cm³/mol. The first-order valence-corrected chi connectivity index (χ1v) is 10.6. The molecule has 0 saturated heterocycles. The molecule has 8 nitrogen and oxygen atoms in total. The van der Waals surface area contributed by atoms with Crippen molar-refractivity contribution < 1.29 is 0 Å². The van der Waals surface area contributed by atoms with Gasteiger partial charge in [0.05, 0.1) is 6.54 Å². The fourth-order valence-electron chi connectivity index (χ4n) is 3.49. The van der Waals surface area contributed by atoms with E-state index in [9.17, 15) is 4.79 Å². The van der Waals surface area contributed by atoms with E-state index in [-0.39, 0.29) is 5.69 Å². The molecule has 162 valence electrons. The van der Waals surface area contributed by atoms with Crippen molar-refractivity contribution in [3.05, 3.63) is 89.1 Å². The summed E-state index contributed by atoms with van der Waals surface area (Å²) in [5.41, 5.74) is 3.85. The molecule has 0 saturated carbocycles. The maximum absolute atomic E-state index is 12.9. The summed E-state index contributed by atoms with van der Waals surface area (Å²) in [4.78, 5) is 12.9. The highest BCUT2D eigenvalue weighted by Crippen LogP contribution is 2.29. The SMILES string of the molecule is C=CCCn1nc(C=CCC)n(Cc2ccc(-c3ccccc3-c3nn[nH]n3)cc2)c1=O. The van der Waals surface area contributed by atoms with Crippen LogP contribution in [0.25, 0.3) is 28.6 Å². The summed E-state index contributed by atoms with van der Waals surface area (Å²) in [6.07, 6.45) is 7.28. The Morgan fingerprint density at radius 2 is 1.88 bits per heavy atom. The lowest BCUT2D eigenvalue weighted by atomic mass is 9.98. The Labute approximate surface area is 185 Å². The van der Waals surface area contributed by atoms with Gasteiger partial charge in [-0.25, -0.2) is 9.48 Å². The summed E-state index contributed by atoms with van der Waals surface area (Å²) in [7, 11) is 0. The third-order valence-corrected chi connectivity index (χ3v) is 5.12. The third kappa shape index (κ3) is 4.49. The normalized spacial score (nSPS) is 11.3. The first kappa shape index (κ1) is 21.2. The summed E-state index contributed by atoms with van der Waals surface area (Å²) in [5, 5.41) is 18.9. The van der Waals surface area contributed by atoms with Gasteiger partial charge < -0.3 is 0 Å². The Balaban J connectivity index is 1.63. The van der Waals surface area contributed by atoms with E-state index < -0.39 is 0 Å².